The Bertz CT molecular complexity index is 921. The molecule has 1 nitrogen and oxygen atoms in total. The first-order valence-corrected chi connectivity index (χ1v) is 17.0. The van der Waals surface area contributed by atoms with Gasteiger partial charge in [0.25, 0.3) is 0 Å². The Balaban J connectivity index is 1.64. The molecule has 2 aromatic carbocycles. The maximum atomic E-state index is 12.0. The molecule has 0 spiro atoms. The van der Waals surface area contributed by atoms with Crippen molar-refractivity contribution in [1.82, 2.24) is 0 Å². The van der Waals surface area contributed by atoms with Gasteiger partial charge in [-0.3, -0.25) is 0 Å². The Kier molecular flexibility index (Phi) is 14.5. The van der Waals surface area contributed by atoms with Gasteiger partial charge in [0.15, 0.2) is 0 Å². The fraction of sp³-hybridized carbons (Fsp3) is 0.667. The molecule has 0 fully saturated rings. The van der Waals surface area contributed by atoms with E-state index in [1.807, 2.05) is 0 Å². The number of aliphatic hydroxyl groups is 1. The average Bonchev–Trinajstić information content (AvgIpc) is 3.23. The van der Waals surface area contributed by atoms with E-state index in [9.17, 15) is 5.11 Å². The zero-order valence-electron chi connectivity index (χ0n) is 24.6. The lowest BCUT2D eigenvalue weighted by atomic mass is 9.68. The summed E-state index contributed by atoms with van der Waals surface area (Å²) in [5.41, 5.74) is 5.03. The molecule has 2 atom stereocenters. The minimum atomic E-state index is -0.345. The molecule has 38 heavy (non-hydrogen) atoms. The summed E-state index contributed by atoms with van der Waals surface area (Å²) < 4.78 is 1.16. The van der Waals surface area contributed by atoms with Crippen molar-refractivity contribution >= 4 is 15.9 Å². The van der Waals surface area contributed by atoms with Crippen molar-refractivity contribution < 1.29 is 5.11 Å². The van der Waals surface area contributed by atoms with Crippen molar-refractivity contribution in [2.45, 2.75) is 154 Å². The molecule has 1 aliphatic carbocycles. The van der Waals surface area contributed by atoms with Crippen LogP contribution in [0.2, 0.25) is 0 Å². The van der Waals surface area contributed by atoms with Gasteiger partial charge in [-0.15, -0.1) is 0 Å². The van der Waals surface area contributed by atoms with Crippen LogP contribution in [0, 0.1) is 0 Å². The van der Waals surface area contributed by atoms with Crippen LogP contribution >= 0.6 is 15.9 Å². The van der Waals surface area contributed by atoms with Crippen LogP contribution < -0.4 is 0 Å². The second kappa shape index (κ2) is 17.5. The van der Waals surface area contributed by atoms with Gasteiger partial charge in [0.1, 0.15) is 0 Å². The first-order valence-electron chi connectivity index (χ1n) is 16.2. The molecule has 2 unspecified atom stereocenters. The smallest absolute Gasteiger partial charge is 0.0678 e. The maximum Gasteiger partial charge on any atom is 0.0678 e. The molecule has 3 rings (SSSR count). The normalized spacial score (nSPS) is 16.9. The predicted molar refractivity (Wildman–Crippen MR) is 170 cm³/mol. The van der Waals surface area contributed by atoms with E-state index in [1.165, 1.54) is 131 Å². The third-order valence-corrected chi connectivity index (χ3v) is 9.64. The highest BCUT2D eigenvalue weighted by Crippen LogP contribution is 2.56. The van der Waals surface area contributed by atoms with Crippen molar-refractivity contribution in [3.05, 3.63) is 58.1 Å². The molecular weight excluding hydrogens is 528 g/mol. The molecule has 0 radical (unpaired) electrons. The van der Waals surface area contributed by atoms with Crippen molar-refractivity contribution in [3.8, 4) is 11.1 Å². The minimum Gasteiger partial charge on any atom is -0.392 e. The topological polar surface area (TPSA) is 20.2 Å². The maximum absolute atomic E-state index is 12.0. The fourth-order valence-corrected chi connectivity index (χ4v) is 7.55. The Morgan fingerprint density at radius 3 is 1.71 bits per heavy atom. The van der Waals surface area contributed by atoms with Gasteiger partial charge < -0.3 is 5.11 Å². The van der Waals surface area contributed by atoms with Gasteiger partial charge in [0, 0.05) is 9.89 Å². The Morgan fingerprint density at radius 2 is 1.11 bits per heavy atom. The number of rotatable bonds is 21. The highest BCUT2D eigenvalue weighted by molar-refractivity contribution is 9.10. The third kappa shape index (κ3) is 8.44. The van der Waals surface area contributed by atoms with Gasteiger partial charge in [-0.1, -0.05) is 182 Å². The zero-order valence-corrected chi connectivity index (χ0v) is 26.2. The van der Waals surface area contributed by atoms with E-state index in [4.69, 9.17) is 0 Å². The SMILES string of the molecule is CCCCCCCCCCCC(O)C1(CCCCCCCCCCC)c2ccccc2-c2cccc(Br)c21. The van der Waals surface area contributed by atoms with Crippen LogP contribution in [0.15, 0.2) is 46.9 Å². The quantitative estimate of drug-likeness (QED) is 0.145. The van der Waals surface area contributed by atoms with E-state index in [-0.39, 0.29) is 11.5 Å². The number of halogens is 1. The molecule has 0 amide bonds. The highest BCUT2D eigenvalue weighted by Gasteiger charge is 2.48. The van der Waals surface area contributed by atoms with E-state index < -0.39 is 0 Å². The zero-order chi connectivity index (χ0) is 27.1. The monoisotopic (exact) mass is 582 g/mol. The summed E-state index contributed by atoms with van der Waals surface area (Å²) in [7, 11) is 0. The Labute approximate surface area is 243 Å². The summed E-state index contributed by atoms with van der Waals surface area (Å²) in [6.45, 7) is 4.57. The molecule has 2 heteroatoms. The Morgan fingerprint density at radius 1 is 0.605 bits per heavy atom. The minimum absolute atomic E-state index is 0.298. The standard InChI is InChI=1S/C36H55BrO/c1-3-5-7-9-11-13-15-17-19-28-34(38)36(29-22-18-16-14-12-10-8-6-4-2)32-26-21-20-24-30(32)31-25-23-27-33(37)35(31)36/h20-21,23-27,34,38H,3-19,22,28-29H2,1-2H3. The second-order valence-corrected chi connectivity index (χ2v) is 12.7. The molecule has 1 aliphatic rings. The number of aliphatic hydroxyl groups excluding tert-OH is 1. The van der Waals surface area contributed by atoms with Crippen LogP contribution in [0.4, 0.5) is 0 Å². The van der Waals surface area contributed by atoms with Crippen molar-refractivity contribution in [3.63, 3.8) is 0 Å². The number of unbranched alkanes of at least 4 members (excludes halogenated alkanes) is 16. The lowest BCUT2D eigenvalue weighted by Crippen LogP contribution is -2.39. The lowest BCUT2D eigenvalue weighted by molar-refractivity contribution is 0.0852. The van der Waals surface area contributed by atoms with Gasteiger partial charge >= 0.3 is 0 Å². The van der Waals surface area contributed by atoms with Crippen LogP contribution in [0.25, 0.3) is 11.1 Å². The molecule has 212 valence electrons. The van der Waals surface area contributed by atoms with Crippen molar-refractivity contribution in [2.75, 3.05) is 0 Å². The van der Waals surface area contributed by atoms with Gasteiger partial charge in [-0.2, -0.15) is 0 Å². The van der Waals surface area contributed by atoms with E-state index in [2.05, 4.69) is 72.2 Å². The van der Waals surface area contributed by atoms with Crippen molar-refractivity contribution in [1.29, 1.82) is 0 Å². The number of benzene rings is 2. The van der Waals surface area contributed by atoms with E-state index >= 15 is 0 Å². The molecule has 0 saturated carbocycles. The van der Waals surface area contributed by atoms with Gasteiger partial charge in [-0.05, 0) is 41.2 Å². The molecule has 0 heterocycles. The number of fused-ring (bicyclic) bond motifs is 3. The van der Waals surface area contributed by atoms with Gasteiger partial charge in [0.2, 0.25) is 0 Å². The summed E-state index contributed by atoms with van der Waals surface area (Å²) in [6, 6.07) is 15.5. The van der Waals surface area contributed by atoms with Crippen molar-refractivity contribution in [2.24, 2.45) is 0 Å². The van der Waals surface area contributed by atoms with Gasteiger partial charge in [0.05, 0.1) is 6.10 Å². The molecule has 1 N–H and O–H groups in total. The molecular formula is C36H55BrO. The number of hydrogen-bond donors (Lipinski definition) is 1. The first kappa shape index (κ1) is 31.4. The summed E-state index contributed by atoms with van der Waals surface area (Å²) in [5, 5.41) is 12.0. The van der Waals surface area contributed by atoms with Crippen LogP contribution in [-0.4, -0.2) is 11.2 Å². The fourth-order valence-electron chi connectivity index (χ4n) is 6.83. The first-order chi connectivity index (χ1) is 18.7. The molecule has 2 aromatic rings. The van der Waals surface area contributed by atoms with Crippen LogP contribution in [0.3, 0.4) is 0 Å². The Hall–Kier alpha value is -1.12. The molecule has 0 aromatic heterocycles. The van der Waals surface area contributed by atoms with E-state index in [1.54, 1.807) is 0 Å². The molecule has 0 bridgehead atoms. The summed E-state index contributed by atoms with van der Waals surface area (Å²) >= 11 is 3.93. The predicted octanol–water partition coefficient (Wildman–Crippen LogP) is 11.9. The number of hydrogen-bond acceptors (Lipinski definition) is 1. The van der Waals surface area contributed by atoms with Crippen LogP contribution in [-0.2, 0) is 5.41 Å². The lowest BCUT2D eigenvalue weighted by Gasteiger charge is -2.38. The van der Waals surface area contributed by atoms with Crippen LogP contribution in [0.5, 0.6) is 0 Å². The molecule has 0 aliphatic heterocycles. The van der Waals surface area contributed by atoms with Gasteiger partial charge in [-0.25, -0.2) is 0 Å². The average molecular weight is 584 g/mol. The largest absolute Gasteiger partial charge is 0.392 e. The van der Waals surface area contributed by atoms with Crippen LogP contribution in [0.1, 0.15) is 153 Å². The van der Waals surface area contributed by atoms with E-state index in [0.717, 1.165) is 23.7 Å². The summed E-state index contributed by atoms with van der Waals surface area (Å²) in [4.78, 5) is 0. The summed E-state index contributed by atoms with van der Waals surface area (Å²) in [6.07, 6.45) is 25.4. The molecule has 0 saturated heterocycles. The summed E-state index contributed by atoms with van der Waals surface area (Å²) in [5.74, 6) is 0. The second-order valence-electron chi connectivity index (χ2n) is 11.9. The van der Waals surface area contributed by atoms with E-state index in [0.29, 0.717) is 0 Å². The highest BCUT2D eigenvalue weighted by atomic mass is 79.9. The third-order valence-electron chi connectivity index (χ3n) is 8.98.